The van der Waals surface area contributed by atoms with Crippen molar-refractivity contribution in [3.8, 4) is 0 Å². The van der Waals surface area contributed by atoms with Crippen molar-refractivity contribution in [3.05, 3.63) is 0 Å². The molecule has 66 valence electrons. The van der Waals surface area contributed by atoms with Gasteiger partial charge in [-0.15, -0.1) is 0 Å². The molecule has 0 aliphatic heterocycles. The average Bonchev–Trinajstić information content (AvgIpc) is 1.33. The van der Waals surface area contributed by atoms with E-state index < -0.39 is 10.9 Å². The van der Waals surface area contributed by atoms with Crippen molar-refractivity contribution in [1.82, 2.24) is 17.6 Å². The van der Waals surface area contributed by atoms with Crippen molar-refractivity contribution < 1.29 is 10.9 Å². The van der Waals surface area contributed by atoms with Crippen molar-refractivity contribution in [3.63, 3.8) is 0 Å². The third-order valence-corrected chi connectivity index (χ3v) is 0. The van der Waals surface area contributed by atoms with Gasteiger partial charge in [0.05, 0.1) is 0 Å². The van der Waals surface area contributed by atoms with E-state index in [0.717, 1.165) is 0 Å². The summed E-state index contributed by atoms with van der Waals surface area (Å²) in [6, 6.07) is 0. The molecule has 0 radical (unpaired) electrons. The fourth-order valence-electron chi connectivity index (χ4n) is 0. The molecule has 0 atom stereocenters. The van der Waals surface area contributed by atoms with E-state index in [-0.39, 0.29) is 12.3 Å². The molecule has 0 aliphatic rings. The van der Waals surface area contributed by atoms with Crippen LogP contribution >= 0.6 is 30.4 Å². The summed E-state index contributed by atoms with van der Waals surface area (Å²) in [4.78, 5) is 0. The molecule has 0 aliphatic carbocycles. The van der Waals surface area contributed by atoms with Crippen LogP contribution in [0.4, 0.5) is 0 Å². The van der Waals surface area contributed by atoms with Crippen LogP contribution in [0.25, 0.3) is 0 Å². The summed E-state index contributed by atoms with van der Waals surface area (Å²) in [6.45, 7) is 0. The van der Waals surface area contributed by atoms with Crippen molar-refractivity contribution in [2.45, 2.75) is 0 Å². The Hall–Kier alpha value is 1.26. The minimum atomic E-state index is -1.19. The molecule has 9 heavy (non-hydrogen) atoms. The third-order valence-electron chi connectivity index (χ3n) is 0. The van der Waals surface area contributed by atoms with Crippen LogP contribution in [0.1, 0.15) is 0 Å². The first kappa shape index (κ1) is 22.5. The fraction of sp³-hybridized carbons (Fsp3) is 1.00. The summed E-state index contributed by atoms with van der Waals surface area (Å²) in [7, 11) is 17.2. The zero-order chi connectivity index (χ0) is 6.28. The number of hydrogen-bond donors (Lipinski definition) is 3. The summed E-state index contributed by atoms with van der Waals surface area (Å²) in [5, 5.41) is 2.75. The first-order valence-electron chi connectivity index (χ1n) is 1.38. The SMILES string of the molecule is CNC.N.N.[Cl][Co]([Cl])[Cl]. The van der Waals surface area contributed by atoms with E-state index in [1.807, 2.05) is 14.1 Å². The molecule has 0 amide bonds. The standard InChI is InChI=1S/C2H7N.3ClH.Co.2H3N/c1-3-2;;;;;;/h3H,1-2H3;3*1H;;2*1H3/q;;;;+3;;/p-3. The van der Waals surface area contributed by atoms with Crippen LogP contribution in [-0.2, 0) is 10.9 Å². The Morgan fingerprint density at radius 2 is 1.00 bits per heavy atom. The van der Waals surface area contributed by atoms with Crippen molar-refractivity contribution in [2.24, 2.45) is 0 Å². The Labute approximate surface area is 73.1 Å². The summed E-state index contributed by atoms with van der Waals surface area (Å²) >= 11 is 0. The van der Waals surface area contributed by atoms with Crippen molar-refractivity contribution >= 4 is 30.4 Å². The van der Waals surface area contributed by atoms with Crippen molar-refractivity contribution in [2.75, 3.05) is 14.1 Å². The van der Waals surface area contributed by atoms with Crippen LogP contribution < -0.4 is 17.6 Å². The molecule has 0 saturated heterocycles. The molecule has 0 heterocycles. The molecular formula is C2H13Cl3CoN3. The van der Waals surface area contributed by atoms with Gasteiger partial charge in [0.2, 0.25) is 0 Å². The first-order chi connectivity index (χ1) is 3.15. The van der Waals surface area contributed by atoms with Gasteiger partial charge in [-0.2, -0.15) is 0 Å². The Morgan fingerprint density at radius 3 is 1.00 bits per heavy atom. The molecule has 0 bridgehead atoms. The van der Waals surface area contributed by atoms with Gasteiger partial charge in [0.25, 0.3) is 0 Å². The maximum atomic E-state index is 4.87. The summed E-state index contributed by atoms with van der Waals surface area (Å²) in [5.74, 6) is 0. The third kappa shape index (κ3) is 309. The summed E-state index contributed by atoms with van der Waals surface area (Å²) in [5.41, 5.74) is 0. The van der Waals surface area contributed by atoms with Crippen LogP contribution in [0.2, 0.25) is 0 Å². The van der Waals surface area contributed by atoms with Gasteiger partial charge in [0, 0.05) is 0 Å². The first-order valence-corrected chi connectivity index (χ1v) is 5.68. The van der Waals surface area contributed by atoms with E-state index in [4.69, 9.17) is 30.4 Å². The number of halogens is 3. The second-order valence-electron chi connectivity index (χ2n) is 0.643. The summed E-state index contributed by atoms with van der Waals surface area (Å²) < 4.78 is 0. The predicted molar refractivity (Wildman–Crippen MR) is 42.6 cm³/mol. The van der Waals surface area contributed by atoms with Gasteiger partial charge in [0.1, 0.15) is 0 Å². The van der Waals surface area contributed by atoms with Gasteiger partial charge in [0.15, 0.2) is 0 Å². The topological polar surface area (TPSA) is 82.0 Å². The maximum absolute atomic E-state index is 4.87. The Balaban J connectivity index is -0.0000000233. The van der Waals surface area contributed by atoms with E-state index in [9.17, 15) is 0 Å². The second kappa shape index (κ2) is 22.8. The Morgan fingerprint density at radius 1 is 1.00 bits per heavy atom. The van der Waals surface area contributed by atoms with E-state index in [2.05, 4.69) is 5.32 Å². The van der Waals surface area contributed by atoms with E-state index in [1.165, 1.54) is 0 Å². The molecule has 7 heteroatoms. The molecule has 0 aromatic heterocycles. The Kier molecular flexibility index (Phi) is 57.0. The molecule has 0 fully saturated rings. The minimum absolute atomic E-state index is 0. The predicted octanol–water partition coefficient (Wildman–Crippen LogP) is 2.23. The molecule has 0 aromatic rings. The van der Waals surface area contributed by atoms with Gasteiger partial charge in [-0.25, -0.2) is 0 Å². The van der Waals surface area contributed by atoms with Crippen LogP contribution in [0.5, 0.6) is 0 Å². The van der Waals surface area contributed by atoms with E-state index in [1.54, 1.807) is 0 Å². The molecule has 0 spiro atoms. The molecule has 3 nitrogen and oxygen atoms in total. The molecule has 0 aromatic carbocycles. The zero-order valence-electron chi connectivity index (χ0n) is 5.38. The molecule has 7 N–H and O–H groups in total. The van der Waals surface area contributed by atoms with Gasteiger partial charge in [-0.05, 0) is 14.1 Å². The normalized spacial score (nSPS) is 7.00. The van der Waals surface area contributed by atoms with Gasteiger partial charge < -0.3 is 17.6 Å². The van der Waals surface area contributed by atoms with Crippen LogP contribution in [-0.4, -0.2) is 14.1 Å². The quantitative estimate of drug-likeness (QED) is 0.611. The number of hydrogen-bond acceptors (Lipinski definition) is 3. The number of nitrogens with one attached hydrogen (secondary N) is 1. The average molecular weight is 244 g/mol. The molecule has 0 saturated carbocycles. The molecule has 0 rings (SSSR count). The van der Waals surface area contributed by atoms with Gasteiger partial charge >= 0.3 is 41.4 Å². The fourth-order valence-corrected chi connectivity index (χ4v) is 0. The number of rotatable bonds is 0. The summed E-state index contributed by atoms with van der Waals surface area (Å²) in [6.07, 6.45) is 0. The van der Waals surface area contributed by atoms with E-state index in [0.29, 0.717) is 0 Å². The van der Waals surface area contributed by atoms with E-state index >= 15 is 0 Å². The van der Waals surface area contributed by atoms with Crippen LogP contribution in [0.3, 0.4) is 0 Å². The van der Waals surface area contributed by atoms with Crippen LogP contribution in [0.15, 0.2) is 0 Å². The monoisotopic (exact) mass is 243 g/mol. The second-order valence-corrected chi connectivity index (χ2v) is 5.80. The van der Waals surface area contributed by atoms with Crippen LogP contribution in [0, 0.1) is 0 Å². The zero-order valence-corrected chi connectivity index (χ0v) is 8.69. The molecular weight excluding hydrogens is 231 g/mol. The van der Waals surface area contributed by atoms with Gasteiger partial charge in [-0.3, -0.25) is 0 Å². The molecule has 0 unspecified atom stereocenters. The van der Waals surface area contributed by atoms with Crippen molar-refractivity contribution in [1.29, 1.82) is 0 Å². The Bertz CT molecular complexity index is 28.3. The van der Waals surface area contributed by atoms with Gasteiger partial charge in [-0.1, -0.05) is 0 Å².